The highest BCUT2D eigenvalue weighted by Crippen LogP contribution is 2.25. The van der Waals surface area contributed by atoms with Crippen LogP contribution in [0.15, 0.2) is 54.6 Å². The van der Waals surface area contributed by atoms with Crippen LogP contribution in [-0.2, 0) is 30.3 Å². The third kappa shape index (κ3) is 15.7. The van der Waals surface area contributed by atoms with Crippen molar-refractivity contribution in [3.05, 3.63) is 65.7 Å². The van der Waals surface area contributed by atoms with E-state index in [0.29, 0.717) is 30.4 Å². The number of hydrogen-bond donors (Lipinski definition) is 1. The van der Waals surface area contributed by atoms with Crippen molar-refractivity contribution >= 4 is 46.7 Å². The number of hydrogen-bond acceptors (Lipinski definition) is 6. The Bertz CT molecular complexity index is 1110. The number of amides is 1. The maximum atomic E-state index is 13.3. The van der Waals surface area contributed by atoms with Crippen LogP contribution in [0.2, 0.25) is 0 Å². The lowest BCUT2D eigenvalue weighted by molar-refractivity contribution is -0.160. The zero-order valence-corrected chi connectivity index (χ0v) is 29.3. The van der Waals surface area contributed by atoms with E-state index in [1.165, 1.54) is 51.4 Å². The summed E-state index contributed by atoms with van der Waals surface area (Å²) >= 11 is 11.9. The zero-order chi connectivity index (χ0) is 33.4. The first kappa shape index (κ1) is 39.4. The molecule has 1 N–H and O–H groups in total. The third-order valence-corrected chi connectivity index (χ3v) is 8.24. The van der Waals surface area contributed by atoms with E-state index < -0.39 is 24.1 Å². The van der Waals surface area contributed by atoms with Crippen LogP contribution in [0.25, 0.3) is 0 Å². The summed E-state index contributed by atoms with van der Waals surface area (Å²) in [5.41, 5.74) is 2.34. The monoisotopic (exact) mass is 676 g/mol. The number of halogens is 2. The molecule has 0 saturated heterocycles. The van der Waals surface area contributed by atoms with E-state index in [9.17, 15) is 14.4 Å². The number of esters is 2. The predicted molar refractivity (Wildman–Crippen MR) is 189 cm³/mol. The second-order valence-electron chi connectivity index (χ2n) is 11.6. The van der Waals surface area contributed by atoms with Gasteiger partial charge in [-0.2, -0.15) is 0 Å². The third-order valence-electron chi connectivity index (χ3n) is 7.91. The Morgan fingerprint density at radius 1 is 0.761 bits per heavy atom. The molecule has 256 valence electrons. The van der Waals surface area contributed by atoms with Crippen LogP contribution in [0.5, 0.6) is 0 Å². The topological polar surface area (TPSA) is 84.9 Å². The van der Waals surface area contributed by atoms with Crippen LogP contribution < -0.4 is 10.2 Å². The van der Waals surface area contributed by atoms with Gasteiger partial charge in [0.05, 0.1) is 13.0 Å². The number of alkyl halides is 2. The number of benzene rings is 2. The molecule has 2 aromatic carbocycles. The van der Waals surface area contributed by atoms with Crippen molar-refractivity contribution in [2.75, 3.05) is 36.4 Å². The Labute approximate surface area is 286 Å². The van der Waals surface area contributed by atoms with Gasteiger partial charge in [0.25, 0.3) is 0 Å². The molecule has 0 aliphatic heterocycles. The maximum Gasteiger partial charge on any atom is 0.332 e. The molecule has 9 heteroatoms. The van der Waals surface area contributed by atoms with Crippen molar-refractivity contribution < 1.29 is 23.9 Å². The Morgan fingerprint density at radius 2 is 1.33 bits per heavy atom. The largest absolute Gasteiger partial charge is 0.464 e. The second-order valence-corrected chi connectivity index (χ2v) is 12.4. The first-order chi connectivity index (χ1) is 22.4. The first-order valence-corrected chi connectivity index (χ1v) is 18.2. The second kappa shape index (κ2) is 24.4. The lowest BCUT2D eigenvalue weighted by Gasteiger charge is -2.27. The van der Waals surface area contributed by atoms with Crippen molar-refractivity contribution in [2.24, 2.45) is 0 Å². The van der Waals surface area contributed by atoms with Crippen molar-refractivity contribution in [1.29, 1.82) is 0 Å². The highest BCUT2D eigenvalue weighted by atomic mass is 35.5. The van der Waals surface area contributed by atoms with E-state index in [2.05, 4.69) is 17.1 Å². The molecule has 0 fully saturated rings. The van der Waals surface area contributed by atoms with Crippen molar-refractivity contribution in [2.45, 2.75) is 109 Å². The Balaban J connectivity index is 2.00. The van der Waals surface area contributed by atoms with Crippen molar-refractivity contribution in [1.82, 2.24) is 5.32 Å². The van der Waals surface area contributed by atoms with E-state index in [1.807, 2.05) is 42.5 Å². The van der Waals surface area contributed by atoms with Gasteiger partial charge in [-0.05, 0) is 36.6 Å². The summed E-state index contributed by atoms with van der Waals surface area (Å²) in [6, 6.07) is 15.4. The maximum absolute atomic E-state index is 13.3. The standard InChI is InChI=1S/C37H54Cl2N2O5/c1-3-5-6-7-8-9-10-11-12-13-17-20-34(43)46-36(31-18-15-14-16-19-31)35(37(44)45-4-2)40-33(42)29-30-21-23-32(24-22-30)41(27-25-38)28-26-39/h14-16,18-19,21-24,35-36H,3-13,17,20,25-29H2,1-2H3,(H,40,42)/t35-,36+/m0/s1. The van der Waals surface area contributed by atoms with Gasteiger partial charge in [-0.3, -0.25) is 9.59 Å². The highest BCUT2D eigenvalue weighted by molar-refractivity contribution is 6.18. The fourth-order valence-electron chi connectivity index (χ4n) is 5.40. The summed E-state index contributed by atoms with van der Waals surface area (Å²) in [7, 11) is 0. The van der Waals surface area contributed by atoms with Crippen LogP contribution >= 0.6 is 23.2 Å². The van der Waals surface area contributed by atoms with Gasteiger partial charge < -0.3 is 19.7 Å². The van der Waals surface area contributed by atoms with E-state index in [0.717, 1.165) is 30.5 Å². The van der Waals surface area contributed by atoms with Gasteiger partial charge >= 0.3 is 11.9 Å². The van der Waals surface area contributed by atoms with Gasteiger partial charge in [0.15, 0.2) is 12.1 Å². The smallest absolute Gasteiger partial charge is 0.332 e. The molecule has 46 heavy (non-hydrogen) atoms. The minimum absolute atomic E-state index is 0.0371. The molecule has 0 saturated carbocycles. The van der Waals surface area contributed by atoms with Crippen LogP contribution in [0.4, 0.5) is 5.69 Å². The molecule has 0 bridgehead atoms. The Hall–Kier alpha value is -2.77. The number of carbonyl (C=O) groups excluding carboxylic acids is 3. The molecule has 0 unspecified atom stereocenters. The summed E-state index contributed by atoms with van der Waals surface area (Å²) < 4.78 is 11.2. The molecule has 0 heterocycles. The fourth-order valence-corrected chi connectivity index (χ4v) is 5.81. The van der Waals surface area contributed by atoms with Gasteiger partial charge in [-0.15, -0.1) is 23.2 Å². The van der Waals surface area contributed by atoms with Crippen LogP contribution in [0, 0.1) is 0 Å². The normalized spacial score (nSPS) is 12.3. The Kier molecular flexibility index (Phi) is 20.9. The SMILES string of the molecule is CCCCCCCCCCCCCC(=O)O[C@H](c1ccccc1)[C@H](NC(=O)Cc1ccc(N(CCCl)CCCl)cc1)C(=O)OCC. The van der Waals surface area contributed by atoms with E-state index in [-0.39, 0.29) is 25.4 Å². The summed E-state index contributed by atoms with van der Waals surface area (Å²) in [6.07, 6.45) is 12.3. The molecule has 0 aliphatic rings. The molecule has 1 amide bonds. The van der Waals surface area contributed by atoms with Gasteiger partial charge in [0.2, 0.25) is 5.91 Å². The van der Waals surface area contributed by atoms with E-state index >= 15 is 0 Å². The summed E-state index contributed by atoms with van der Waals surface area (Å²) in [5.74, 6) is -0.486. The van der Waals surface area contributed by atoms with Gasteiger partial charge in [-0.25, -0.2) is 4.79 Å². The molecule has 0 aromatic heterocycles. The highest BCUT2D eigenvalue weighted by Gasteiger charge is 2.35. The molecular weight excluding hydrogens is 623 g/mol. The lowest BCUT2D eigenvalue weighted by atomic mass is 10.0. The molecule has 0 radical (unpaired) electrons. The molecule has 0 aliphatic carbocycles. The van der Waals surface area contributed by atoms with Crippen molar-refractivity contribution in [3.8, 4) is 0 Å². The number of nitrogens with zero attached hydrogens (tertiary/aromatic N) is 1. The van der Waals surface area contributed by atoms with Gasteiger partial charge in [0.1, 0.15) is 0 Å². The molecule has 2 rings (SSSR count). The molecule has 7 nitrogen and oxygen atoms in total. The summed E-state index contributed by atoms with van der Waals surface area (Å²) in [4.78, 5) is 41.5. The van der Waals surface area contributed by atoms with Gasteiger partial charge in [-0.1, -0.05) is 114 Å². The average Bonchev–Trinajstić information content (AvgIpc) is 3.06. The van der Waals surface area contributed by atoms with Gasteiger partial charge in [0, 0.05) is 37.0 Å². The number of ether oxygens (including phenoxy) is 2. The summed E-state index contributed by atoms with van der Waals surface area (Å²) in [5, 5.41) is 2.81. The predicted octanol–water partition coefficient (Wildman–Crippen LogP) is 8.55. The van der Waals surface area contributed by atoms with E-state index in [4.69, 9.17) is 32.7 Å². The number of rotatable bonds is 25. The minimum atomic E-state index is -1.20. The number of nitrogens with one attached hydrogen (secondary N) is 1. The number of carbonyl (C=O) groups is 3. The molecular formula is C37H54Cl2N2O5. The Morgan fingerprint density at radius 3 is 1.87 bits per heavy atom. The average molecular weight is 678 g/mol. The molecule has 0 spiro atoms. The molecule has 2 atom stereocenters. The summed E-state index contributed by atoms with van der Waals surface area (Å²) in [6.45, 7) is 5.38. The lowest BCUT2D eigenvalue weighted by Crippen LogP contribution is -2.47. The van der Waals surface area contributed by atoms with Crippen LogP contribution in [-0.4, -0.2) is 55.3 Å². The molecule has 2 aromatic rings. The fraction of sp³-hybridized carbons (Fsp3) is 0.595. The quantitative estimate of drug-likeness (QED) is 0.0644. The van der Waals surface area contributed by atoms with Crippen LogP contribution in [0.3, 0.4) is 0 Å². The number of anilines is 1. The zero-order valence-electron chi connectivity index (χ0n) is 27.8. The van der Waals surface area contributed by atoms with Crippen molar-refractivity contribution in [3.63, 3.8) is 0 Å². The number of unbranched alkanes of at least 4 members (excludes halogenated alkanes) is 10. The van der Waals surface area contributed by atoms with E-state index in [1.54, 1.807) is 19.1 Å². The minimum Gasteiger partial charge on any atom is -0.464 e. The van der Waals surface area contributed by atoms with Crippen LogP contribution in [0.1, 0.15) is 108 Å². The first-order valence-electron chi connectivity index (χ1n) is 17.1.